The summed E-state index contributed by atoms with van der Waals surface area (Å²) in [5.74, 6) is -1.01. The molecule has 0 bridgehead atoms. The molecule has 1 unspecified atom stereocenters. The Kier molecular flexibility index (Phi) is 6.32. The van der Waals surface area contributed by atoms with Crippen LogP contribution in [0.5, 0.6) is 0 Å². The van der Waals surface area contributed by atoms with Crippen molar-refractivity contribution in [3.05, 3.63) is 64.7 Å². The minimum Gasteiger partial charge on any atom is -0.347 e. The van der Waals surface area contributed by atoms with Crippen molar-refractivity contribution in [2.24, 2.45) is 5.92 Å². The molecule has 0 radical (unpaired) electrons. The van der Waals surface area contributed by atoms with Crippen LogP contribution in [0.3, 0.4) is 0 Å². The Morgan fingerprint density at radius 2 is 1.79 bits per heavy atom. The Morgan fingerprint density at radius 3 is 2.52 bits per heavy atom. The molecule has 2 aromatic carbocycles. The van der Waals surface area contributed by atoms with Gasteiger partial charge in [-0.1, -0.05) is 42.0 Å². The van der Waals surface area contributed by atoms with Gasteiger partial charge in [-0.15, -0.1) is 0 Å². The number of anilines is 1. The summed E-state index contributed by atoms with van der Waals surface area (Å²) in [5.41, 5.74) is 5.03. The van der Waals surface area contributed by atoms with Gasteiger partial charge in [0.25, 0.3) is 0 Å². The van der Waals surface area contributed by atoms with Crippen LogP contribution >= 0.6 is 0 Å². The Hall–Kier alpha value is -3.15. The van der Waals surface area contributed by atoms with E-state index in [2.05, 4.69) is 10.6 Å². The summed E-state index contributed by atoms with van der Waals surface area (Å²) in [6.07, 6.45) is 0.177. The second kappa shape index (κ2) is 8.90. The highest BCUT2D eigenvalue weighted by atomic mass is 16.2. The molecule has 1 fully saturated rings. The Labute approximate surface area is 171 Å². The predicted molar refractivity (Wildman–Crippen MR) is 112 cm³/mol. The summed E-state index contributed by atoms with van der Waals surface area (Å²) >= 11 is 0. The van der Waals surface area contributed by atoms with Gasteiger partial charge in [0.2, 0.25) is 17.7 Å². The van der Waals surface area contributed by atoms with E-state index in [4.69, 9.17) is 0 Å². The molecule has 1 aliphatic rings. The van der Waals surface area contributed by atoms with E-state index in [1.807, 2.05) is 63.2 Å². The minimum absolute atomic E-state index is 0.0365. The number of hydrogen-bond acceptors (Lipinski definition) is 3. The first kappa shape index (κ1) is 20.6. The number of nitrogens with zero attached hydrogens (tertiary/aromatic N) is 1. The normalized spacial score (nSPS) is 16.0. The Bertz CT molecular complexity index is 921. The first-order valence-corrected chi connectivity index (χ1v) is 9.80. The fraction of sp³-hybridized carbons (Fsp3) is 0.348. The van der Waals surface area contributed by atoms with Gasteiger partial charge in [0.05, 0.1) is 12.5 Å². The molecule has 1 saturated heterocycles. The average Bonchev–Trinajstić information content (AvgIpc) is 3.06. The lowest BCUT2D eigenvalue weighted by atomic mass is 10.1. The molecule has 2 N–H and O–H groups in total. The summed E-state index contributed by atoms with van der Waals surface area (Å²) in [5, 5.41) is 5.48. The van der Waals surface area contributed by atoms with Crippen molar-refractivity contribution < 1.29 is 14.4 Å². The Morgan fingerprint density at radius 1 is 1.07 bits per heavy atom. The summed E-state index contributed by atoms with van der Waals surface area (Å²) < 4.78 is 0. The highest BCUT2D eigenvalue weighted by Gasteiger charge is 2.34. The summed E-state index contributed by atoms with van der Waals surface area (Å²) in [7, 11) is 0. The lowest BCUT2D eigenvalue weighted by Crippen LogP contribution is -2.37. The van der Waals surface area contributed by atoms with E-state index >= 15 is 0 Å². The molecule has 0 aromatic heterocycles. The van der Waals surface area contributed by atoms with Gasteiger partial charge in [0.1, 0.15) is 0 Å². The molecular weight excluding hydrogens is 366 g/mol. The number of hydrogen-bond donors (Lipinski definition) is 2. The molecule has 29 heavy (non-hydrogen) atoms. The highest BCUT2D eigenvalue weighted by Crippen LogP contribution is 2.21. The van der Waals surface area contributed by atoms with Crippen LogP contribution in [0, 0.1) is 26.7 Å². The van der Waals surface area contributed by atoms with Gasteiger partial charge in [-0.05, 0) is 43.5 Å². The van der Waals surface area contributed by atoms with Crippen molar-refractivity contribution in [1.29, 1.82) is 0 Å². The smallest absolute Gasteiger partial charge is 0.243 e. The van der Waals surface area contributed by atoms with Gasteiger partial charge < -0.3 is 15.5 Å². The zero-order valence-corrected chi connectivity index (χ0v) is 17.1. The maximum Gasteiger partial charge on any atom is 0.243 e. The number of carbonyl (C=O) groups is 3. The molecule has 2 aromatic rings. The summed E-state index contributed by atoms with van der Waals surface area (Å²) in [6, 6.07) is 13.7. The molecule has 152 valence electrons. The fourth-order valence-electron chi connectivity index (χ4n) is 3.41. The van der Waals surface area contributed by atoms with Crippen LogP contribution in [-0.2, 0) is 20.9 Å². The monoisotopic (exact) mass is 393 g/mol. The maximum atomic E-state index is 12.4. The van der Waals surface area contributed by atoms with Crippen LogP contribution in [0.15, 0.2) is 42.5 Å². The standard InChI is InChI=1S/C23H27N3O3/c1-15-7-9-18(10-8-15)13-26-14-19(11-22(26)28)23(29)24-12-21(27)25-20-6-4-5-16(2)17(20)3/h4-10,19H,11-14H2,1-3H3,(H,24,29)(H,25,27). The van der Waals surface area contributed by atoms with Crippen molar-refractivity contribution in [2.75, 3.05) is 18.4 Å². The van der Waals surface area contributed by atoms with Gasteiger partial charge in [-0.2, -0.15) is 0 Å². The highest BCUT2D eigenvalue weighted by molar-refractivity contribution is 5.96. The third-order valence-electron chi connectivity index (χ3n) is 5.38. The van der Waals surface area contributed by atoms with Gasteiger partial charge in [-0.25, -0.2) is 0 Å². The number of benzene rings is 2. The summed E-state index contributed by atoms with van der Waals surface area (Å²) in [4.78, 5) is 38.6. The lowest BCUT2D eigenvalue weighted by Gasteiger charge is -2.17. The number of rotatable bonds is 6. The largest absolute Gasteiger partial charge is 0.347 e. The maximum absolute atomic E-state index is 12.4. The molecule has 1 heterocycles. The molecule has 0 spiro atoms. The molecule has 6 heteroatoms. The van der Waals surface area contributed by atoms with E-state index in [1.54, 1.807) is 4.90 Å². The zero-order chi connectivity index (χ0) is 21.0. The quantitative estimate of drug-likeness (QED) is 0.792. The van der Waals surface area contributed by atoms with Gasteiger partial charge in [-0.3, -0.25) is 14.4 Å². The number of aryl methyl sites for hydroxylation is 2. The number of amides is 3. The van der Waals surface area contributed by atoms with Crippen molar-refractivity contribution in [3.8, 4) is 0 Å². The molecule has 1 aliphatic heterocycles. The molecule has 0 aliphatic carbocycles. The number of likely N-dealkylation sites (tertiary alicyclic amines) is 1. The third kappa shape index (κ3) is 5.22. The van der Waals surface area contributed by atoms with E-state index in [0.717, 1.165) is 27.9 Å². The fourth-order valence-corrected chi connectivity index (χ4v) is 3.41. The Balaban J connectivity index is 1.49. The van der Waals surface area contributed by atoms with Crippen molar-refractivity contribution in [1.82, 2.24) is 10.2 Å². The second-order valence-corrected chi connectivity index (χ2v) is 7.67. The van der Waals surface area contributed by atoms with Gasteiger partial charge in [0, 0.05) is 25.2 Å². The average molecular weight is 393 g/mol. The van der Waals surface area contributed by atoms with Crippen LogP contribution in [0.25, 0.3) is 0 Å². The molecular formula is C23H27N3O3. The van der Waals surface area contributed by atoms with Crippen molar-refractivity contribution in [2.45, 2.75) is 33.7 Å². The third-order valence-corrected chi connectivity index (χ3v) is 5.38. The minimum atomic E-state index is -0.429. The van der Waals surface area contributed by atoms with Gasteiger partial charge in [0.15, 0.2) is 0 Å². The van der Waals surface area contributed by atoms with Crippen LogP contribution in [0.2, 0.25) is 0 Å². The van der Waals surface area contributed by atoms with Crippen LogP contribution < -0.4 is 10.6 Å². The molecule has 0 saturated carbocycles. The topological polar surface area (TPSA) is 78.5 Å². The van der Waals surface area contributed by atoms with E-state index in [1.165, 1.54) is 0 Å². The first-order chi connectivity index (χ1) is 13.8. The van der Waals surface area contributed by atoms with E-state index in [9.17, 15) is 14.4 Å². The number of carbonyl (C=O) groups excluding carboxylic acids is 3. The predicted octanol–water partition coefficient (Wildman–Crippen LogP) is 2.72. The van der Waals surface area contributed by atoms with E-state index in [-0.39, 0.29) is 30.7 Å². The van der Waals surface area contributed by atoms with Crippen LogP contribution in [-0.4, -0.2) is 35.7 Å². The van der Waals surface area contributed by atoms with Crippen molar-refractivity contribution >= 4 is 23.4 Å². The van der Waals surface area contributed by atoms with Crippen molar-refractivity contribution in [3.63, 3.8) is 0 Å². The summed E-state index contributed by atoms with van der Waals surface area (Å²) in [6.45, 7) is 6.69. The van der Waals surface area contributed by atoms with Crippen LogP contribution in [0.1, 0.15) is 28.7 Å². The molecule has 1 atom stereocenters. The van der Waals surface area contributed by atoms with E-state index in [0.29, 0.717) is 13.1 Å². The molecule has 3 rings (SSSR count). The lowest BCUT2D eigenvalue weighted by molar-refractivity contribution is -0.129. The van der Waals surface area contributed by atoms with Gasteiger partial charge >= 0.3 is 0 Å². The zero-order valence-electron chi connectivity index (χ0n) is 17.1. The van der Waals surface area contributed by atoms with Crippen LogP contribution in [0.4, 0.5) is 5.69 Å². The number of nitrogens with one attached hydrogen (secondary N) is 2. The second-order valence-electron chi connectivity index (χ2n) is 7.67. The molecule has 6 nitrogen and oxygen atoms in total. The SMILES string of the molecule is Cc1ccc(CN2CC(C(=O)NCC(=O)Nc3cccc(C)c3C)CC2=O)cc1. The van der Waals surface area contributed by atoms with E-state index < -0.39 is 5.92 Å². The molecule has 3 amide bonds. The first-order valence-electron chi connectivity index (χ1n) is 9.80.